The molecule has 0 fully saturated rings. The molecule has 0 aromatic heterocycles. The quantitative estimate of drug-likeness (QED) is 0.442. The lowest BCUT2D eigenvalue weighted by Gasteiger charge is -2.13. The first-order valence-electron chi connectivity index (χ1n) is 8.71. The van der Waals surface area contributed by atoms with E-state index in [9.17, 15) is 4.79 Å². The van der Waals surface area contributed by atoms with E-state index in [1.54, 1.807) is 25.3 Å². The van der Waals surface area contributed by atoms with Gasteiger partial charge in [0.1, 0.15) is 12.4 Å². The average molecular weight is 394 g/mol. The Morgan fingerprint density at radius 3 is 2.41 bits per heavy atom. The summed E-state index contributed by atoms with van der Waals surface area (Å²) in [5.74, 6) is 2.26. The maximum Gasteiger partial charge on any atom is 0.411 e. The normalized spacial score (nSPS) is 10.1. The molecule has 0 aliphatic carbocycles. The van der Waals surface area contributed by atoms with E-state index >= 15 is 0 Å². The number of nitrogens with one attached hydrogen (secondary N) is 1. The zero-order chi connectivity index (χ0) is 19.3. The summed E-state index contributed by atoms with van der Waals surface area (Å²) in [7, 11) is 1.55. The second kappa shape index (κ2) is 11.9. The van der Waals surface area contributed by atoms with Gasteiger partial charge in [-0.1, -0.05) is 18.2 Å². The Morgan fingerprint density at radius 2 is 1.70 bits per heavy atom. The fourth-order valence-corrected chi connectivity index (χ4v) is 2.32. The molecule has 146 valence electrons. The zero-order valence-electron chi connectivity index (χ0n) is 15.3. The number of carbonyl (C=O) groups is 1. The zero-order valence-corrected chi connectivity index (χ0v) is 16.0. The van der Waals surface area contributed by atoms with Gasteiger partial charge in [-0.05, 0) is 37.1 Å². The van der Waals surface area contributed by atoms with Gasteiger partial charge in [0, 0.05) is 11.8 Å². The van der Waals surface area contributed by atoms with Gasteiger partial charge in [0.05, 0.1) is 26.2 Å². The highest BCUT2D eigenvalue weighted by Crippen LogP contribution is 2.30. The fourth-order valence-electron chi connectivity index (χ4n) is 2.24. The summed E-state index contributed by atoms with van der Waals surface area (Å²) >= 11 is 5.48. The highest BCUT2D eigenvalue weighted by Gasteiger charge is 2.09. The van der Waals surface area contributed by atoms with Crippen LogP contribution in [0.3, 0.4) is 0 Å². The molecule has 0 aliphatic heterocycles. The van der Waals surface area contributed by atoms with Gasteiger partial charge < -0.3 is 18.9 Å². The van der Waals surface area contributed by atoms with E-state index in [4.69, 9.17) is 30.5 Å². The number of halogens is 1. The van der Waals surface area contributed by atoms with Crippen LogP contribution in [0.25, 0.3) is 0 Å². The van der Waals surface area contributed by atoms with Crippen molar-refractivity contribution in [1.29, 1.82) is 0 Å². The van der Waals surface area contributed by atoms with Crippen molar-refractivity contribution in [1.82, 2.24) is 0 Å². The molecule has 0 atom stereocenters. The largest absolute Gasteiger partial charge is 0.494 e. The number of benzene rings is 2. The number of unbranched alkanes of at least 4 members (excludes halogenated alkanes) is 1. The van der Waals surface area contributed by atoms with Crippen LogP contribution in [0.4, 0.5) is 10.5 Å². The number of ether oxygens (including phenoxy) is 4. The Bertz CT molecular complexity index is 696. The minimum absolute atomic E-state index is 0.152. The summed E-state index contributed by atoms with van der Waals surface area (Å²) in [5.41, 5.74) is 0.551. The number of methoxy groups -OCH3 is 1. The first-order chi connectivity index (χ1) is 13.2. The monoisotopic (exact) mass is 393 g/mol. The fraction of sp³-hybridized carbons (Fsp3) is 0.350. The minimum Gasteiger partial charge on any atom is -0.494 e. The van der Waals surface area contributed by atoms with Crippen LogP contribution < -0.4 is 19.5 Å². The maximum absolute atomic E-state index is 11.6. The Morgan fingerprint density at radius 1 is 0.963 bits per heavy atom. The van der Waals surface area contributed by atoms with E-state index in [2.05, 4.69) is 5.32 Å². The molecule has 0 aliphatic rings. The SMILES string of the molecule is COc1cc(NC(=O)OCCCl)ccc1OCCCCOc1ccccc1. The van der Waals surface area contributed by atoms with Crippen molar-refractivity contribution in [3.8, 4) is 17.2 Å². The summed E-state index contributed by atoms with van der Waals surface area (Å²) in [5, 5.41) is 2.61. The third kappa shape index (κ3) is 7.66. The Balaban J connectivity index is 1.73. The molecule has 27 heavy (non-hydrogen) atoms. The van der Waals surface area contributed by atoms with Crippen molar-refractivity contribution in [2.45, 2.75) is 12.8 Å². The molecule has 0 radical (unpaired) electrons. The molecule has 0 bridgehead atoms. The standard InChI is InChI=1S/C20H24ClNO5/c1-24-19-15-16(22-20(23)27-14-11-21)9-10-18(19)26-13-6-5-12-25-17-7-3-2-4-8-17/h2-4,7-10,15H,5-6,11-14H2,1H3,(H,22,23). The lowest BCUT2D eigenvalue weighted by molar-refractivity contribution is 0.168. The average Bonchev–Trinajstić information content (AvgIpc) is 2.70. The minimum atomic E-state index is -0.565. The summed E-state index contributed by atoms with van der Waals surface area (Å²) in [6, 6.07) is 14.9. The van der Waals surface area contributed by atoms with Gasteiger partial charge in [0.25, 0.3) is 0 Å². The number of hydrogen-bond acceptors (Lipinski definition) is 5. The third-order valence-electron chi connectivity index (χ3n) is 3.53. The van der Waals surface area contributed by atoms with Crippen LogP contribution in [0.1, 0.15) is 12.8 Å². The van der Waals surface area contributed by atoms with E-state index in [1.165, 1.54) is 0 Å². The van der Waals surface area contributed by atoms with Gasteiger partial charge in [-0.15, -0.1) is 11.6 Å². The highest BCUT2D eigenvalue weighted by atomic mass is 35.5. The van der Waals surface area contributed by atoms with Crippen LogP contribution in [0, 0.1) is 0 Å². The highest BCUT2D eigenvalue weighted by molar-refractivity contribution is 6.18. The maximum atomic E-state index is 11.6. The van der Waals surface area contributed by atoms with Crippen molar-refractivity contribution >= 4 is 23.4 Å². The molecule has 0 unspecified atom stereocenters. The first-order valence-corrected chi connectivity index (χ1v) is 9.25. The molecule has 1 amide bonds. The van der Waals surface area contributed by atoms with Crippen molar-refractivity contribution in [2.75, 3.05) is 38.1 Å². The number of para-hydroxylation sites is 1. The first kappa shape index (κ1) is 20.7. The van der Waals surface area contributed by atoms with E-state index in [-0.39, 0.29) is 12.5 Å². The number of rotatable bonds is 11. The molecule has 0 saturated heterocycles. The predicted octanol–water partition coefficient (Wildman–Crippen LogP) is 4.72. The van der Waals surface area contributed by atoms with Crippen molar-refractivity contribution in [3.05, 3.63) is 48.5 Å². The van der Waals surface area contributed by atoms with Crippen molar-refractivity contribution in [2.24, 2.45) is 0 Å². The van der Waals surface area contributed by atoms with Gasteiger partial charge in [0.2, 0.25) is 0 Å². The van der Waals surface area contributed by atoms with Crippen LogP contribution in [-0.2, 0) is 4.74 Å². The van der Waals surface area contributed by atoms with E-state index in [1.807, 2.05) is 30.3 Å². The molecular weight excluding hydrogens is 370 g/mol. The lowest BCUT2D eigenvalue weighted by Crippen LogP contribution is -2.15. The van der Waals surface area contributed by atoms with Crippen LogP contribution in [0.2, 0.25) is 0 Å². The molecule has 2 aromatic carbocycles. The molecule has 1 N–H and O–H groups in total. The number of carbonyl (C=O) groups excluding carboxylic acids is 1. The molecular formula is C20H24ClNO5. The second-order valence-electron chi connectivity index (χ2n) is 5.53. The van der Waals surface area contributed by atoms with Gasteiger partial charge in [-0.25, -0.2) is 4.79 Å². The van der Waals surface area contributed by atoms with Crippen LogP contribution >= 0.6 is 11.6 Å². The molecule has 0 spiro atoms. The summed E-state index contributed by atoms with van der Waals surface area (Å²) < 4.78 is 21.6. The number of anilines is 1. The van der Waals surface area contributed by atoms with Crippen molar-refractivity contribution < 1.29 is 23.7 Å². The number of hydrogen-bond donors (Lipinski definition) is 1. The number of amides is 1. The summed E-state index contributed by atoms with van der Waals surface area (Å²) in [6.07, 6.45) is 1.16. The molecule has 0 saturated carbocycles. The topological polar surface area (TPSA) is 66.0 Å². The van der Waals surface area contributed by atoms with Gasteiger partial charge in [-0.3, -0.25) is 5.32 Å². The molecule has 7 heteroatoms. The summed E-state index contributed by atoms with van der Waals surface area (Å²) in [4.78, 5) is 11.6. The molecule has 0 heterocycles. The Hall–Kier alpha value is -2.60. The summed E-state index contributed by atoms with van der Waals surface area (Å²) in [6.45, 7) is 1.33. The molecule has 2 aromatic rings. The van der Waals surface area contributed by atoms with Gasteiger partial charge in [-0.2, -0.15) is 0 Å². The second-order valence-corrected chi connectivity index (χ2v) is 5.91. The third-order valence-corrected chi connectivity index (χ3v) is 3.68. The number of alkyl halides is 1. The lowest BCUT2D eigenvalue weighted by atomic mass is 10.2. The predicted molar refractivity (Wildman–Crippen MR) is 105 cm³/mol. The van der Waals surface area contributed by atoms with E-state index in [0.29, 0.717) is 30.4 Å². The molecule has 2 rings (SSSR count). The Labute approximate surface area is 164 Å². The van der Waals surface area contributed by atoms with Gasteiger partial charge >= 0.3 is 6.09 Å². The van der Waals surface area contributed by atoms with E-state index in [0.717, 1.165) is 18.6 Å². The molecule has 6 nitrogen and oxygen atoms in total. The smallest absolute Gasteiger partial charge is 0.411 e. The van der Waals surface area contributed by atoms with E-state index < -0.39 is 6.09 Å². The van der Waals surface area contributed by atoms with Crippen LogP contribution in [0.5, 0.6) is 17.2 Å². The van der Waals surface area contributed by atoms with Crippen LogP contribution in [-0.4, -0.2) is 38.9 Å². The van der Waals surface area contributed by atoms with Crippen LogP contribution in [0.15, 0.2) is 48.5 Å². The Kier molecular flexibility index (Phi) is 9.13. The van der Waals surface area contributed by atoms with Gasteiger partial charge in [0.15, 0.2) is 11.5 Å². The van der Waals surface area contributed by atoms with Crippen molar-refractivity contribution in [3.63, 3.8) is 0 Å².